The van der Waals surface area contributed by atoms with Gasteiger partial charge in [0.05, 0.1) is 27.4 Å². The zero-order valence-electron chi connectivity index (χ0n) is 15.4. The molecule has 0 fully saturated rings. The number of nitrogens with zero attached hydrogens (tertiary/aromatic N) is 1. The summed E-state index contributed by atoms with van der Waals surface area (Å²) in [6.45, 7) is 0.575. The number of β-amino-alcohol motifs (C(OH)–C–C–N with tert-alkyl or cyclic N) is 1. The monoisotopic (exact) mass is 357 g/mol. The van der Waals surface area contributed by atoms with Gasteiger partial charge in [-0.05, 0) is 31.2 Å². The summed E-state index contributed by atoms with van der Waals surface area (Å²) < 4.78 is 22.9. The third kappa shape index (κ3) is 2.40. The average Bonchev–Trinajstić information content (AvgIpc) is 2.82. The number of methoxy groups -OCH3 is 3. The molecular weight excluding hydrogens is 334 g/mol. The Morgan fingerprint density at radius 3 is 2.42 bits per heavy atom. The molecule has 0 spiro atoms. The Labute approximate surface area is 152 Å². The van der Waals surface area contributed by atoms with Crippen LogP contribution in [-0.2, 0) is 6.42 Å². The van der Waals surface area contributed by atoms with E-state index in [0.29, 0.717) is 35.3 Å². The molecule has 2 aliphatic rings. The summed E-state index contributed by atoms with van der Waals surface area (Å²) in [7, 11) is 6.85. The van der Waals surface area contributed by atoms with E-state index < -0.39 is 6.10 Å². The van der Waals surface area contributed by atoms with E-state index in [-0.39, 0.29) is 6.04 Å². The molecule has 0 amide bonds. The topological polar surface area (TPSA) is 60.4 Å². The molecule has 26 heavy (non-hydrogen) atoms. The summed E-state index contributed by atoms with van der Waals surface area (Å²) in [5.74, 6) is 3.08. The van der Waals surface area contributed by atoms with Crippen molar-refractivity contribution in [2.45, 2.75) is 18.6 Å². The van der Waals surface area contributed by atoms with E-state index in [4.69, 9.17) is 18.9 Å². The molecule has 2 aromatic rings. The molecular formula is C20H23NO5. The minimum Gasteiger partial charge on any atom is -0.493 e. The van der Waals surface area contributed by atoms with E-state index >= 15 is 0 Å². The molecule has 1 N–H and O–H groups in total. The largest absolute Gasteiger partial charge is 0.493 e. The van der Waals surface area contributed by atoms with Crippen LogP contribution in [0.1, 0.15) is 28.8 Å². The Morgan fingerprint density at radius 1 is 1.00 bits per heavy atom. The maximum absolute atomic E-state index is 10.6. The minimum atomic E-state index is -0.558. The van der Waals surface area contributed by atoms with Crippen LogP contribution in [0.2, 0.25) is 0 Å². The number of fused-ring (bicyclic) bond motifs is 1. The van der Waals surface area contributed by atoms with Gasteiger partial charge in [0.15, 0.2) is 23.0 Å². The summed E-state index contributed by atoms with van der Waals surface area (Å²) in [4.78, 5) is 2.16. The van der Waals surface area contributed by atoms with Gasteiger partial charge in [-0.15, -0.1) is 0 Å². The SMILES string of the molecule is COc1ccc2c(c1OC)Oc1c(OC)ccc3c1C(C2)N(C)C[C@H]3O. The van der Waals surface area contributed by atoms with Crippen LogP contribution in [-0.4, -0.2) is 44.9 Å². The second-order valence-corrected chi connectivity index (χ2v) is 6.67. The quantitative estimate of drug-likeness (QED) is 0.911. The highest BCUT2D eigenvalue weighted by molar-refractivity contribution is 5.63. The van der Waals surface area contributed by atoms with Crippen molar-refractivity contribution in [1.29, 1.82) is 0 Å². The summed E-state index contributed by atoms with van der Waals surface area (Å²) in [5, 5.41) is 10.6. The van der Waals surface area contributed by atoms with Gasteiger partial charge in [0, 0.05) is 23.7 Å². The van der Waals surface area contributed by atoms with Crippen LogP contribution in [0.5, 0.6) is 28.7 Å². The maximum Gasteiger partial charge on any atom is 0.204 e. The van der Waals surface area contributed by atoms with Crippen LogP contribution in [0, 0.1) is 0 Å². The van der Waals surface area contributed by atoms with Crippen molar-refractivity contribution in [3.05, 3.63) is 41.0 Å². The summed E-state index contributed by atoms with van der Waals surface area (Å²) in [6.07, 6.45) is 0.184. The molecule has 4 rings (SSSR count). The zero-order valence-corrected chi connectivity index (χ0v) is 15.4. The van der Waals surface area contributed by atoms with Crippen LogP contribution >= 0.6 is 0 Å². The first kappa shape index (κ1) is 17.0. The maximum atomic E-state index is 10.6. The van der Waals surface area contributed by atoms with Gasteiger partial charge in [-0.2, -0.15) is 0 Å². The fraction of sp³-hybridized carbons (Fsp3) is 0.400. The van der Waals surface area contributed by atoms with Crippen LogP contribution in [0.3, 0.4) is 0 Å². The van der Waals surface area contributed by atoms with E-state index in [1.807, 2.05) is 31.3 Å². The van der Waals surface area contributed by atoms with E-state index in [2.05, 4.69) is 4.90 Å². The van der Waals surface area contributed by atoms with Gasteiger partial charge < -0.3 is 24.1 Å². The van der Waals surface area contributed by atoms with Crippen molar-refractivity contribution in [1.82, 2.24) is 4.90 Å². The van der Waals surface area contributed by atoms with E-state index in [9.17, 15) is 5.11 Å². The average molecular weight is 357 g/mol. The summed E-state index contributed by atoms with van der Waals surface area (Å²) >= 11 is 0. The van der Waals surface area contributed by atoms with E-state index in [1.54, 1.807) is 21.3 Å². The molecule has 0 radical (unpaired) electrons. The fourth-order valence-corrected chi connectivity index (χ4v) is 3.99. The second kappa shape index (κ2) is 6.37. The number of likely N-dealkylation sites (N-methyl/N-ethyl adjacent to an activating group) is 1. The number of rotatable bonds is 3. The lowest BCUT2D eigenvalue weighted by atomic mass is 9.87. The molecule has 2 heterocycles. The lowest BCUT2D eigenvalue weighted by molar-refractivity contribution is 0.0832. The second-order valence-electron chi connectivity index (χ2n) is 6.67. The number of ether oxygens (including phenoxy) is 4. The molecule has 0 aromatic heterocycles. The Hall–Kier alpha value is -2.44. The standard InChI is InChI=1S/C20H23NO5/c1-21-10-14(22)12-6-8-15(23-2)19-17(12)13(21)9-11-5-7-16(24-3)20(25-4)18(11)26-19/h5-8,13-14,22H,9-10H2,1-4H3/t13?,14-/m1/s1. The minimum absolute atomic E-state index is 0.0813. The molecule has 6 heteroatoms. The van der Waals surface area contributed by atoms with Crippen LogP contribution < -0.4 is 18.9 Å². The van der Waals surface area contributed by atoms with Crippen molar-refractivity contribution in [3.63, 3.8) is 0 Å². The number of hydrogen-bond acceptors (Lipinski definition) is 6. The number of hydrogen-bond donors (Lipinski definition) is 1. The van der Waals surface area contributed by atoms with Gasteiger partial charge in [-0.1, -0.05) is 12.1 Å². The first-order chi connectivity index (χ1) is 12.6. The Morgan fingerprint density at radius 2 is 1.73 bits per heavy atom. The lowest BCUT2D eigenvalue weighted by Gasteiger charge is -2.37. The predicted octanol–water partition coefficient (Wildman–Crippen LogP) is 3.08. The predicted molar refractivity (Wildman–Crippen MR) is 96.6 cm³/mol. The Kier molecular flexibility index (Phi) is 4.17. The first-order valence-corrected chi connectivity index (χ1v) is 8.59. The van der Waals surface area contributed by atoms with Gasteiger partial charge in [-0.25, -0.2) is 0 Å². The molecule has 0 saturated carbocycles. The fourth-order valence-electron chi connectivity index (χ4n) is 3.99. The summed E-state index contributed by atoms with van der Waals surface area (Å²) in [6, 6.07) is 7.76. The normalized spacial score (nSPS) is 21.1. The van der Waals surface area contributed by atoms with Gasteiger partial charge >= 0.3 is 0 Å². The van der Waals surface area contributed by atoms with E-state index in [1.165, 1.54) is 0 Å². The molecule has 2 aromatic carbocycles. The summed E-state index contributed by atoms with van der Waals surface area (Å²) in [5.41, 5.74) is 2.89. The highest BCUT2D eigenvalue weighted by Gasteiger charge is 2.38. The van der Waals surface area contributed by atoms with Gasteiger partial charge in [0.1, 0.15) is 0 Å². The van der Waals surface area contributed by atoms with Crippen molar-refractivity contribution in [2.75, 3.05) is 34.9 Å². The van der Waals surface area contributed by atoms with Crippen molar-refractivity contribution in [3.8, 4) is 28.7 Å². The molecule has 0 bridgehead atoms. The highest BCUT2D eigenvalue weighted by atomic mass is 16.5. The number of aliphatic hydroxyl groups excluding tert-OH is 1. The Balaban J connectivity index is 1.99. The van der Waals surface area contributed by atoms with Crippen molar-refractivity contribution < 1.29 is 24.1 Å². The van der Waals surface area contributed by atoms with Gasteiger partial charge in [0.25, 0.3) is 0 Å². The number of aliphatic hydroxyl groups is 1. The highest BCUT2D eigenvalue weighted by Crippen LogP contribution is 2.53. The van der Waals surface area contributed by atoms with Crippen molar-refractivity contribution in [2.24, 2.45) is 0 Å². The van der Waals surface area contributed by atoms with Crippen molar-refractivity contribution >= 4 is 0 Å². The molecule has 2 atom stereocenters. The third-order valence-corrected chi connectivity index (χ3v) is 5.30. The smallest absolute Gasteiger partial charge is 0.204 e. The molecule has 1 unspecified atom stereocenters. The third-order valence-electron chi connectivity index (χ3n) is 5.30. The van der Waals surface area contributed by atoms with Gasteiger partial charge in [0.2, 0.25) is 5.75 Å². The Bertz CT molecular complexity index is 851. The molecule has 2 aliphatic heterocycles. The van der Waals surface area contributed by atoms with E-state index in [0.717, 1.165) is 23.1 Å². The van der Waals surface area contributed by atoms with Crippen LogP contribution in [0.4, 0.5) is 0 Å². The number of benzene rings is 2. The first-order valence-electron chi connectivity index (χ1n) is 8.59. The molecule has 0 aliphatic carbocycles. The zero-order chi connectivity index (χ0) is 18.4. The molecule has 6 nitrogen and oxygen atoms in total. The van der Waals surface area contributed by atoms with Crippen LogP contribution in [0.15, 0.2) is 24.3 Å². The molecule has 138 valence electrons. The van der Waals surface area contributed by atoms with Gasteiger partial charge in [-0.3, -0.25) is 4.90 Å². The van der Waals surface area contributed by atoms with Crippen LogP contribution in [0.25, 0.3) is 0 Å². The molecule has 0 saturated heterocycles. The lowest BCUT2D eigenvalue weighted by Crippen LogP contribution is -2.35.